The van der Waals surface area contributed by atoms with E-state index < -0.39 is 0 Å². The van der Waals surface area contributed by atoms with E-state index in [1.54, 1.807) is 13.2 Å². The second-order valence-electron chi connectivity index (χ2n) is 7.75. The molecule has 0 aliphatic heterocycles. The number of guanidine groups is 1. The van der Waals surface area contributed by atoms with Gasteiger partial charge in [0.15, 0.2) is 5.96 Å². The minimum atomic E-state index is 0. The topological polar surface area (TPSA) is 76.4 Å². The highest BCUT2D eigenvalue weighted by molar-refractivity contribution is 14.0. The second kappa shape index (κ2) is 12.4. The van der Waals surface area contributed by atoms with Crippen molar-refractivity contribution in [3.8, 4) is 11.6 Å². The van der Waals surface area contributed by atoms with E-state index in [4.69, 9.17) is 4.74 Å². The van der Waals surface area contributed by atoms with Gasteiger partial charge in [-0.2, -0.15) is 5.10 Å². The van der Waals surface area contributed by atoms with E-state index >= 15 is 0 Å². The first-order valence-corrected chi connectivity index (χ1v) is 11.0. The third-order valence-corrected chi connectivity index (χ3v) is 5.48. The summed E-state index contributed by atoms with van der Waals surface area (Å²) in [5.41, 5.74) is 3.45. The molecule has 7 nitrogen and oxygen atoms in total. The molecule has 0 saturated heterocycles. The van der Waals surface area contributed by atoms with Gasteiger partial charge in [0.05, 0.1) is 5.69 Å². The van der Waals surface area contributed by atoms with Crippen molar-refractivity contribution in [3.05, 3.63) is 72.2 Å². The molecule has 4 rings (SSSR count). The first-order chi connectivity index (χ1) is 15.3. The molecular weight excluding hydrogens is 515 g/mol. The molecule has 2 N–H and O–H groups in total. The molecule has 1 fully saturated rings. The third kappa shape index (κ3) is 6.94. The number of hydrogen-bond donors (Lipinski definition) is 2. The fourth-order valence-corrected chi connectivity index (χ4v) is 3.77. The van der Waals surface area contributed by atoms with E-state index in [0.29, 0.717) is 18.5 Å². The minimum absolute atomic E-state index is 0. The predicted octanol–water partition coefficient (Wildman–Crippen LogP) is 4.11. The van der Waals surface area contributed by atoms with Gasteiger partial charge in [-0.1, -0.05) is 12.1 Å². The summed E-state index contributed by atoms with van der Waals surface area (Å²) in [7, 11) is 1.79. The van der Waals surface area contributed by atoms with E-state index in [9.17, 15) is 0 Å². The van der Waals surface area contributed by atoms with Crippen molar-refractivity contribution in [1.29, 1.82) is 0 Å². The average Bonchev–Trinajstić information content (AvgIpc) is 3.51. The molecule has 0 spiro atoms. The molecule has 170 valence electrons. The Morgan fingerprint density at radius 3 is 2.62 bits per heavy atom. The molecule has 2 aromatic heterocycles. The van der Waals surface area contributed by atoms with Gasteiger partial charge in [0.1, 0.15) is 6.10 Å². The van der Waals surface area contributed by atoms with Crippen LogP contribution in [0.2, 0.25) is 0 Å². The van der Waals surface area contributed by atoms with Gasteiger partial charge in [-0.3, -0.25) is 4.99 Å². The summed E-state index contributed by atoms with van der Waals surface area (Å²) in [5, 5.41) is 11.0. The van der Waals surface area contributed by atoms with E-state index in [2.05, 4.69) is 50.0 Å². The van der Waals surface area contributed by atoms with Crippen molar-refractivity contribution in [3.63, 3.8) is 0 Å². The Morgan fingerprint density at radius 1 is 1.09 bits per heavy atom. The molecule has 0 amide bonds. The normalized spacial score (nSPS) is 14.1. The Hall–Kier alpha value is -2.62. The number of nitrogens with one attached hydrogen (secondary N) is 2. The summed E-state index contributed by atoms with van der Waals surface area (Å²) < 4.78 is 7.86. The maximum absolute atomic E-state index is 6.00. The average molecular weight is 546 g/mol. The Labute approximate surface area is 206 Å². The van der Waals surface area contributed by atoms with Gasteiger partial charge >= 0.3 is 0 Å². The van der Waals surface area contributed by atoms with Gasteiger partial charge < -0.3 is 15.4 Å². The highest BCUT2D eigenvalue weighted by Crippen LogP contribution is 2.23. The summed E-state index contributed by atoms with van der Waals surface area (Å²) in [6.07, 6.45) is 11.5. The molecule has 3 aromatic rings. The van der Waals surface area contributed by atoms with Crippen LogP contribution in [0.4, 0.5) is 0 Å². The zero-order valence-corrected chi connectivity index (χ0v) is 20.7. The van der Waals surface area contributed by atoms with Crippen LogP contribution < -0.4 is 15.4 Å². The van der Waals surface area contributed by atoms with Crippen LogP contribution in [0, 0.1) is 0 Å². The molecular formula is C24H31IN6O. The number of benzene rings is 1. The van der Waals surface area contributed by atoms with Crippen LogP contribution in [-0.4, -0.2) is 40.4 Å². The van der Waals surface area contributed by atoms with Crippen LogP contribution in [0.25, 0.3) is 5.69 Å². The van der Waals surface area contributed by atoms with Crippen molar-refractivity contribution < 1.29 is 4.74 Å². The number of pyridine rings is 1. The van der Waals surface area contributed by atoms with E-state index in [1.807, 2.05) is 35.3 Å². The van der Waals surface area contributed by atoms with E-state index in [1.165, 1.54) is 18.4 Å². The van der Waals surface area contributed by atoms with Crippen molar-refractivity contribution in [2.45, 2.75) is 44.8 Å². The van der Waals surface area contributed by atoms with Crippen molar-refractivity contribution in [2.75, 3.05) is 13.6 Å². The molecule has 0 radical (unpaired) electrons. The van der Waals surface area contributed by atoms with Crippen molar-refractivity contribution in [1.82, 2.24) is 25.4 Å². The Bertz CT molecular complexity index is 968. The zero-order chi connectivity index (χ0) is 21.3. The van der Waals surface area contributed by atoms with Gasteiger partial charge in [0.2, 0.25) is 5.88 Å². The standard InChI is InChI=1S/C24H30N6O.HI/c1-25-24(27-15-11-19-7-9-21(10-8-19)30-16-4-13-29-30)28-18-20-12-14-26-23(17-20)31-22-5-2-3-6-22;/h4,7-10,12-14,16-17,22H,2-3,5-6,11,15,18H2,1H3,(H2,25,27,28);1H. The Kier molecular flexibility index (Phi) is 9.33. The molecule has 1 saturated carbocycles. The quantitative estimate of drug-likeness (QED) is 0.253. The van der Waals surface area contributed by atoms with Gasteiger partial charge in [-0.25, -0.2) is 9.67 Å². The van der Waals surface area contributed by atoms with Crippen LogP contribution in [0.5, 0.6) is 5.88 Å². The SMILES string of the molecule is CN=C(NCCc1ccc(-n2cccn2)cc1)NCc1ccnc(OC2CCCC2)c1.I. The number of aliphatic imine (C=N–C) groups is 1. The third-order valence-electron chi connectivity index (χ3n) is 5.48. The highest BCUT2D eigenvalue weighted by Gasteiger charge is 2.17. The molecule has 1 aromatic carbocycles. The molecule has 0 unspecified atom stereocenters. The molecule has 32 heavy (non-hydrogen) atoms. The predicted molar refractivity (Wildman–Crippen MR) is 138 cm³/mol. The zero-order valence-electron chi connectivity index (χ0n) is 18.4. The van der Waals surface area contributed by atoms with Crippen LogP contribution >= 0.6 is 24.0 Å². The summed E-state index contributed by atoms with van der Waals surface area (Å²) in [6, 6.07) is 14.4. The largest absolute Gasteiger partial charge is 0.474 e. The number of rotatable bonds is 8. The molecule has 8 heteroatoms. The van der Waals surface area contributed by atoms with Gasteiger partial charge in [-0.05, 0) is 67.5 Å². The Balaban J connectivity index is 0.00000289. The van der Waals surface area contributed by atoms with E-state index in [0.717, 1.165) is 43.0 Å². The van der Waals surface area contributed by atoms with Crippen molar-refractivity contribution >= 4 is 29.9 Å². The molecule has 0 atom stereocenters. The summed E-state index contributed by atoms with van der Waals surface area (Å²) in [4.78, 5) is 8.68. The van der Waals surface area contributed by atoms with Crippen LogP contribution in [0.1, 0.15) is 36.8 Å². The van der Waals surface area contributed by atoms with Crippen LogP contribution in [-0.2, 0) is 13.0 Å². The number of hydrogen-bond acceptors (Lipinski definition) is 4. The fraction of sp³-hybridized carbons (Fsp3) is 0.375. The highest BCUT2D eigenvalue weighted by atomic mass is 127. The lowest BCUT2D eigenvalue weighted by atomic mass is 10.1. The smallest absolute Gasteiger partial charge is 0.213 e. The number of aromatic nitrogens is 3. The lowest BCUT2D eigenvalue weighted by molar-refractivity contribution is 0.201. The number of halogens is 1. The summed E-state index contributed by atoms with van der Waals surface area (Å²) >= 11 is 0. The lowest BCUT2D eigenvalue weighted by Crippen LogP contribution is -2.37. The summed E-state index contributed by atoms with van der Waals surface area (Å²) in [5.74, 6) is 1.50. The monoisotopic (exact) mass is 546 g/mol. The fourth-order valence-electron chi connectivity index (χ4n) is 3.77. The Morgan fingerprint density at radius 2 is 1.91 bits per heavy atom. The minimum Gasteiger partial charge on any atom is -0.474 e. The molecule has 0 bridgehead atoms. The molecule has 2 heterocycles. The first-order valence-electron chi connectivity index (χ1n) is 11.0. The van der Waals surface area contributed by atoms with Gasteiger partial charge in [0, 0.05) is 44.8 Å². The molecule has 1 aliphatic carbocycles. The van der Waals surface area contributed by atoms with Gasteiger partial charge in [-0.15, -0.1) is 24.0 Å². The second-order valence-corrected chi connectivity index (χ2v) is 7.75. The molecule has 1 aliphatic rings. The van der Waals surface area contributed by atoms with Crippen LogP contribution in [0.3, 0.4) is 0 Å². The van der Waals surface area contributed by atoms with Crippen LogP contribution in [0.15, 0.2) is 66.0 Å². The van der Waals surface area contributed by atoms with Gasteiger partial charge in [0.25, 0.3) is 0 Å². The first kappa shape index (κ1) is 24.0. The maximum atomic E-state index is 6.00. The summed E-state index contributed by atoms with van der Waals surface area (Å²) in [6.45, 7) is 1.47. The lowest BCUT2D eigenvalue weighted by Gasteiger charge is -2.14. The number of ether oxygens (including phenoxy) is 1. The van der Waals surface area contributed by atoms with E-state index in [-0.39, 0.29) is 24.0 Å². The maximum Gasteiger partial charge on any atom is 0.213 e. The number of nitrogens with zero attached hydrogens (tertiary/aromatic N) is 4. The van der Waals surface area contributed by atoms with Crippen molar-refractivity contribution in [2.24, 2.45) is 4.99 Å².